The number of hydrogen-bond donors (Lipinski definition) is 1. The molecule has 2 aromatic rings. The molecule has 2 rings (SSSR count). The van der Waals surface area contributed by atoms with Crippen LogP contribution in [0.5, 0.6) is 0 Å². The van der Waals surface area contributed by atoms with E-state index in [9.17, 15) is 0 Å². The Balaban J connectivity index is 2.47. The van der Waals surface area contributed by atoms with Gasteiger partial charge in [0, 0.05) is 11.3 Å². The number of nitrogens with zero attached hydrogens (tertiary/aromatic N) is 1. The Hall–Kier alpha value is -1.67. The largest absolute Gasteiger partial charge is 0.392 e. The van der Waals surface area contributed by atoms with Crippen LogP contribution in [0.2, 0.25) is 0 Å². The zero-order chi connectivity index (χ0) is 11.5. The summed E-state index contributed by atoms with van der Waals surface area (Å²) in [5, 5.41) is 9.15. The lowest BCUT2D eigenvalue weighted by atomic mass is 10.1. The summed E-state index contributed by atoms with van der Waals surface area (Å²) in [6.45, 7) is 4.06. The molecule has 0 aliphatic carbocycles. The molecule has 0 radical (unpaired) electrons. The molecule has 0 atom stereocenters. The molecule has 0 fully saturated rings. The van der Waals surface area contributed by atoms with E-state index in [1.807, 2.05) is 19.1 Å². The van der Waals surface area contributed by atoms with Crippen molar-refractivity contribution < 1.29 is 5.11 Å². The average molecular weight is 213 g/mol. The van der Waals surface area contributed by atoms with Crippen LogP contribution < -0.4 is 0 Å². The van der Waals surface area contributed by atoms with E-state index in [2.05, 4.69) is 36.2 Å². The van der Waals surface area contributed by atoms with Crippen LogP contribution in [0.3, 0.4) is 0 Å². The maximum atomic E-state index is 9.15. The molecule has 0 spiro atoms. The zero-order valence-corrected chi connectivity index (χ0v) is 9.57. The van der Waals surface area contributed by atoms with Gasteiger partial charge in [-0.2, -0.15) is 0 Å². The van der Waals surface area contributed by atoms with Crippen LogP contribution in [0, 0.1) is 13.8 Å². The molecule has 2 nitrogen and oxygen atoms in total. The fourth-order valence-electron chi connectivity index (χ4n) is 1.70. The number of benzene rings is 1. The topological polar surface area (TPSA) is 33.1 Å². The molecule has 1 heterocycles. The molecule has 0 unspecified atom stereocenters. The predicted molar refractivity (Wildman–Crippen MR) is 65.1 cm³/mol. The summed E-state index contributed by atoms with van der Waals surface area (Å²) in [7, 11) is 0. The lowest BCUT2D eigenvalue weighted by molar-refractivity contribution is 0.281. The van der Waals surface area contributed by atoms with E-state index in [1.54, 1.807) is 0 Å². The molecule has 0 aliphatic rings. The van der Waals surface area contributed by atoms with Crippen molar-refractivity contribution in [1.29, 1.82) is 0 Å². The molecule has 0 bridgehead atoms. The zero-order valence-electron chi connectivity index (χ0n) is 9.57. The number of aliphatic hydroxyl groups excluding tert-OH is 1. The van der Waals surface area contributed by atoms with Crippen molar-refractivity contribution in [3.8, 4) is 11.3 Å². The quantitative estimate of drug-likeness (QED) is 0.832. The summed E-state index contributed by atoms with van der Waals surface area (Å²) in [5.74, 6) is 0. The lowest BCUT2D eigenvalue weighted by Crippen LogP contribution is -1.92. The SMILES string of the molecule is Cc1ccc(-c2cc(CO)cc(C)n2)cc1. The van der Waals surface area contributed by atoms with Gasteiger partial charge in [0.2, 0.25) is 0 Å². The van der Waals surface area contributed by atoms with E-state index in [1.165, 1.54) is 5.56 Å². The van der Waals surface area contributed by atoms with Crippen molar-refractivity contribution in [3.63, 3.8) is 0 Å². The fraction of sp³-hybridized carbons (Fsp3) is 0.214. The lowest BCUT2D eigenvalue weighted by Gasteiger charge is -2.05. The van der Waals surface area contributed by atoms with Crippen LogP contribution in [-0.2, 0) is 6.61 Å². The van der Waals surface area contributed by atoms with Gasteiger partial charge in [-0.1, -0.05) is 29.8 Å². The van der Waals surface area contributed by atoms with Gasteiger partial charge >= 0.3 is 0 Å². The Bertz CT molecular complexity index is 489. The first kappa shape index (κ1) is 10.8. The third kappa shape index (κ3) is 2.28. The second-order valence-corrected chi connectivity index (χ2v) is 4.03. The molecule has 0 saturated carbocycles. The van der Waals surface area contributed by atoms with Crippen LogP contribution in [0.4, 0.5) is 0 Å². The molecule has 0 aliphatic heterocycles. The van der Waals surface area contributed by atoms with Crippen molar-refractivity contribution in [2.45, 2.75) is 20.5 Å². The summed E-state index contributed by atoms with van der Waals surface area (Å²) in [4.78, 5) is 4.47. The first-order valence-electron chi connectivity index (χ1n) is 5.34. The first-order chi connectivity index (χ1) is 7.69. The van der Waals surface area contributed by atoms with E-state index >= 15 is 0 Å². The van der Waals surface area contributed by atoms with Crippen molar-refractivity contribution in [2.24, 2.45) is 0 Å². The van der Waals surface area contributed by atoms with Crippen molar-refractivity contribution >= 4 is 0 Å². The molecule has 0 amide bonds. The van der Waals surface area contributed by atoms with Gasteiger partial charge in [-0.15, -0.1) is 0 Å². The number of aromatic nitrogens is 1. The van der Waals surface area contributed by atoms with Crippen molar-refractivity contribution in [3.05, 3.63) is 53.2 Å². The molecule has 1 N–H and O–H groups in total. The number of rotatable bonds is 2. The first-order valence-corrected chi connectivity index (χ1v) is 5.34. The van der Waals surface area contributed by atoms with Gasteiger partial charge in [0.25, 0.3) is 0 Å². The Labute approximate surface area is 95.6 Å². The Morgan fingerprint density at radius 2 is 1.75 bits per heavy atom. The smallest absolute Gasteiger partial charge is 0.0708 e. The molecule has 1 aromatic carbocycles. The maximum Gasteiger partial charge on any atom is 0.0708 e. The highest BCUT2D eigenvalue weighted by Gasteiger charge is 2.02. The van der Waals surface area contributed by atoms with Gasteiger partial charge in [-0.3, -0.25) is 4.98 Å². The highest BCUT2D eigenvalue weighted by molar-refractivity contribution is 5.60. The molecule has 0 saturated heterocycles. The summed E-state index contributed by atoms with van der Waals surface area (Å²) in [5.41, 5.74) is 5.08. The van der Waals surface area contributed by atoms with E-state index in [0.29, 0.717) is 0 Å². The highest BCUT2D eigenvalue weighted by atomic mass is 16.3. The van der Waals surface area contributed by atoms with E-state index in [-0.39, 0.29) is 6.61 Å². The minimum Gasteiger partial charge on any atom is -0.392 e. The Morgan fingerprint density at radius 3 is 2.38 bits per heavy atom. The molecule has 82 valence electrons. The minimum absolute atomic E-state index is 0.0578. The van der Waals surface area contributed by atoms with Gasteiger partial charge in [-0.05, 0) is 31.5 Å². The van der Waals surface area contributed by atoms with Crippen LogP contribution in [0.25, 0.3) is 11.3 Å². The summed E-state index contributed by atoms with van der Waals surface area (Å²) in [6, 6.07) is 12.1. The third-order valence-corrected chi connectivity index (χ3v) is 2.54. The highest BCUT2D eigenvalue weighted by Crippen LogP contribution is 2.19. The van der Waals surface area contributed by atoms with Crippen LogP contribution in [0.15, 0.2) is 36.4 Å². The average Bonchev–Trinajstić information content (AvgIpc) is 2.29. The molecule has 2 heteroatoms. The number of hydrogen-bond acceptors (Lipinski definition) is 2. The molecular weight excluding hydrogens is 198 g/mol. The number of aliphatic hydroxyl groups is 1. The Morgan fingerprint density at radius 1 is 1.06 bits per heavy atom. The van der Waals surface area contributed by atoms with Crippen LogP contribution >= 0.6 is 0 Å². The van der Waals surface area contributed by atoms with E-state index in [4.69, 9.17) is 5.11 Å². The van der Waals surface area contributed by atoms with Gasteiger partial charge in [0.15, 0.2) is 0 Å². The minimum atomic E-state index is 0.0578. The second-order valence-electron chi connectivity index (χ2n) is 4.03. The van der Waals surface area contributed by atoms with Gasteiger partial charge < -0.3 is 5.11 Å². The van der Waals surface area contributed by atoms with Crippen LogP contribution in [0.1, 0.15) is 16.8 Å². The molecule has 1 aromatic heterocycles. The summed E-state index contributed by atoms with van der Waals surface area (Å²) < 4.78 is 0. The Kier molecular flexibility index (Phi) is 3.02. The van der Waals surface area contributed by atoms with Crippen molar-refractivity contribution in [2.75, 3.05) is 0 Å². The predicted octanol–water partition coefficient (Wildman–Crippen LogP) is 2.86. The maximum absolute atomic E-state index is 9.15. The number of pyridine rings is 1. The summed E-state index contributed by atoms with van der Waals surface area (Å²) in [6.07, 6.45) is 0. The monoisotopic (exact) mass is 213 g/mol. The molecular formula is C14H15NO. The summed E-state index contributed by atoms with van der Waals surface area (Å²) >= 11 is 0. The second kappa shape index (κ2) is 4.45. The van der Waals surface area contributed by atoms with E-state index < -0.39 is 0 Å². The van der Waals surface area contributed by atoms with Crippen LogP contribution in [-0.4, -0.2) is 10.1 Å². The van der Waals surface area contributed by atoms with Gasteiger partial charge in [0.1, 0.15) is 0 Å². The van der Waals surface area contributed by atoms with Gasteiger partial charge in [0.05, 0.1) is 12.3 Å². The van der Waals surface area contributed by atoms with Crippen molar-refractivity contribution in [1.82, 2.24) is 4.98 Å². The third-order valence-electron chi connectivity index (χ3n) is 2.54. The van der Waals surface area contributed by atoms with Gasteiger partial charge in [-0.25, -0.2) is 0 Å². The standard InChI is InChI=1S/C14H15NO/c1-10-3-5-13(6-4-10)14-8-12(9-16)7-11(2)15-14/h3-8,16H,9H2,1-2H3. The fourth-order valence-corrected chi connectivity index (χ4v) is 1.70. The number of aryl methyl sites for hydroxylation is 2. The van der Waals surface area contributed by atoms with E-state index in [0.717, 1.165) is 22.5 Å². The molecule has 16 heavy (non-hydrogen) atoms. The normalized spacial score (nSPS) is 10.4.